The second-order valence-electron chi connectivity index (χ2n) is 8.86. The van der Waals surface area contributed by atoms with Gasteiger partial charge in [-0.05, 0) is 51.9 Å². The number of nitrogens with zero attached hydrogens (tertiary/aromatic N) is 2. The van der Waals surface area contributed by atoms with Crippen molar-refractivity contribution in [2.75, 3.05) is 33.1 Å². The Bertz CT molecular complexity index is 1190. The molecule has 0 aromatic heterocycles. The molecule has 0 amide bonds. The molecule has 4 rings (SSSR count). The van der Waals surface area contributed by atoms with Crippen LogP contribution >= 0.6 is 0 Å². The summed E-state index contributed by atoms with van der Waals surface area (Å²) in [5, 5.41) is 2.93. The standard InChI is InChI=1S/C27H29N2Si/c1-28(2)21-13-16-24-23(15-12-20-10-8-7-9-11-20)25-17-14-22(29(3)4)19-27(25)30(5,6)26(24)18-21/h7-11,13-14,16-19H,1-6H3/q+1. The third-order valence-electron chi connectivity index (χ3n) is 6.03. The average Bonchev–Trinajstić information content (AvgIpc) is 2.74. The number of fused-ring (bicyclic) bond motifs is 2. The molecule has 0 unspecified atom stereocenters. The SMILES string of the molecule is CN(C)c1ccc2c(c1)[Si](C)(C)C1=CC(=[N+](C)C)C=CC1=C2C#Cc1ccccc1. The maximum atomic E-state index is 3.55. The van der Waals surface area contributed by atoms with E-state index in [0.29, 0.717) is 0 Å². The molecule has 2 nitrogen and oxygen atoms in total. The molecule has 30 heavy (non-hydrogen) atoms. The number of hydrogen-bond acceptors (Lipinski definition) is 1. The summed E-state index contributed by atoms with van der Waals surface area (Å²) < 4.78 is 2.19. The monoisotopic (exact) mass is 409 g/mol. The molecule has 0 fully saturated rings. The van der Waals surface area contributed by atoms with Crippen LogP contribution in [0.15, 0.2) is 77.5 Å². The van der Waals surface area contributed by atoms with Crippen molar-refractivity contribution in [2.45, 2.75) is 13.1 Å². The lowest BCUT2D eigenvalue weighted by atomic mass is 9.94. The highest BCUT2D eigenvalue weighted by molar-refractivity contribution is 6.98. The van der Waals surface area contributed by atoms with Crippen molar-refractivity contribution in [1.82, 2.24) is 0 Å². The van der Waals surface area contributed by atoms with Crippen molar-refractivity contribution in [1.29, 1.82) is 0 Å². The fraction of sp³-hybridized carbons (Fsp3) is 0.222. The maximum absolute atomic E-state index is 3.55. The minimum Gasteiger partial charge on any atom is -0.378 e. The number of anilines is 1. The van der Waals surface area contributed by atoms with Crippen LogP contribution in [0.4, 0.5) is 5.69 Å². The van der Waals surface area contributed by atoms with Crippen molar-refractivity contribution in [3.05, 3.63) is 88.7 Å². The molecule has 0 radical (unpaired) electrons. The Kier molecular flexibility index (Phi) is 5.13. The molecule has 1 aliphatic carbocycles. The Hall–Kier alpha value is -3.09. The lowest BCUT2D eigenvalue weighted by Gasteiger charge is -2.36. The van der Waals surface area contributed by atoms with E-state index in [-0.39, 0.29) is 0 Å². The zero-order valence-corrected chi connectivity index (χ0v) is 19.7. The van der Waals surface area contributed by atoms with Crippen LogP contribution in [0.5, 0.6) is 0 Å². The van der Waals surface area contributed by atoms with E-state index in [9.17, 15) is 0 Å². The number of allylic oxidation sites excluding steroid dienone is 6. The minimum atomic E-state index is -1.88. The Balaban J connectivity index is 2.00. The molecular weight excluding hydrogens is 380 g/mol. The molecular formula is C27H29N2Si+. The van der Waals surface area contributed by atoms with Crippen molar-refractivity contribution in [3.8, 4) is 11.8 Å². The third-order valence-corrected chi connectivity index (χ3v) is 9.55. The molecule has 0 spiro atoms. The van der Waals surface area contributed by atoms with E-state index in [1.807, 2.05) is 18.2 Å². The average molecular weight is 410 g/mol. The van der Waals surface area contributed by atoms with Gasteiger partial charge in [-0.25, -0.2) is 4.58 Å². The van der Waals surface area contributed by atoms with Gasteiger partial charge in [0, 0.05) is 43.1 Å². The first kappa shape index (κ1) is 20.2. The van der Waals surface area contributed by atoms with Crippen molar-refractivity contribution in [3.63, 3.8) is 0 Å². The Morgan fingerprint density at radius 2 is 1.63 bits per heavy atom. The smallest absolute Gasteiger partial charge is 0.199 e. The molecule has 1 heterocycles. The molecule has 1 aliphatic heterocycles. The van der Waals surface area contributed by atoms with Crippen LogP contribution in [-0.4, -0.2) is 46.6 Å². The number of rotatable bonds is 1. The first-order chi connectivity index (χ1) is 14.3. The Labute approximate surface area is 181 Å². The molecule has 2 aromatic carbocycles. The van der Waals surface area contributed by atoms with E-state index in [2.05, 4.69) is 111 Å². The summed E-state index contributed by atoms with van der Waals surface area (Å²) in [6.07, 6.45) is 6.88. The Morgan fingerprint density at radius 3 is 2.30 bits per heavy atom. The fourth-order valence-corrected chi connectivity index (χ4v) is 7.24. The molecule has 2 aromatic rings. The van der Waals surface area contributed by atoms with Gasteiger partial charge in [-0.15, -0.1) is 0 Å². The molecule has 0 atom stereocenters. The van der Waals surface area contributed by atoms with Crippen LogP contribution in [0.1, 0.15) is 11.1 Å². The fourth-order valence-electron chi connectivity index (χ4n) is 4.17. The van der Waals surface area contributed by atoms with Crippen molar-refractivity contribution in [2.24, 2.45) is 0 Å². The van der Waals surface area contributed by atoms with E-state index in [4.69, 9.17) is 0 Å². The number of hydrogen-bond donors (Lipinski definition) is 0. The van der Waals surface area contributed by atoms with Crippen LogP contribution in [-0.2, 0) is 0 Å². The first-order valence-corrected chi connectivity index (χ1v) is 13.4. The van der Waals surface area contributed by atoms with Crippen LogP contribution in [0, 0.1) is 11.8 Å². The third kappa shape index (κ3) is 3.49. The molecule has 150 valence electrons. The molecule has 0 saturated heterocycles. The predicted molar refractivity (Wildman–Crippen MR) is 132 cm³/mol. The first-order valence-electron chi connectivity index (χ1n) is 10.4. The lowest BCUT2D eigenvalue weighted by molar-refractivity contribution is -0.462. The van der Waals surface area contributed by atoms with Gasteiger partial charge >= 0.3 is 0 Å². The van der Waals surface area contributed by atoms with Gasteiger partial charge in [-0.1, -0.05) is 49.2 Å². The molecule has 3 heteroatoms. The number of benzene rings is 2. The largest absolute Gasteiger partial charge is 0.378 e. The summed E-state index contributed by atoms with van der Waals surface area (Å²) in [6.45, 7) is 4.93. The molecule has 0 saturated carbocycles. The van der Waals surface area contributed by atoms with E-state index < -0.39 is 8.07 Å². The zero-order chi connectivity index (χ0) is 21.5. The van der Waals surface area contributed by atoms with Crippen molar-refractivity contribution >= 4 is 30.2 Å². The summed E-state index contributed by atoms with van der Waals surface area (Å²) in [4.78, 5) is 2.19. The topological polar surface area (TPSA) is 6.25 Å². The molecule has 0 N–H and O–H groups in total. The maximum Gasteiger partial charge on any atom is 0.199 e. The highest BCUT2D eigenvalue weighted by atomic mass is 28.3. The van der Waals surface area contributed by atoms with Gasteiger partial charge in [0.2, 0.25) is 0 Å². The normalized spacial score (nSPS) is 16.2. The van der Waals surface area contributed by atoms with E-state index in [1.165, 1.54) is 32.9 Å². The summed E-state index contributed by atoms with van der Waals surface area (Å²) in [5.74, 6) is 6.95. The van der Waals surface area contributed by atoms with Crippen LogP contribution < -0.4 is 10.1 Å². The van der Waals surface area contributed by atoms with Gasteiger partial charge < -0.3 is 4.90 Å². The van der Waals surface area contributed by atoms with Gasteiger partial charge in [0.15, 0.2) is 5.71 Å². The highest BCUT2D eigenvalue weighted by Gasteiger charge is 2.39. The molecule has 2 aliphatic rings. The summed E-state index contributed by atoms with van der Waals surface area (Å²) >= 11 is 0. The second kappa shape index (κ2) is 7.63. The van der Waals surface area contributed by atoms with Gasteiger partial charge in [0.25, 0.3) is 0 Å². The summed E-state index contributed by atoms with van der Waals surface area (Å²) in [6, 6.07) is 17.1. The molecule has 0 bridgehead atoms. The predicted octanol–water partition coefficient (Wildman–Crippen LogP) is 4.24. The van der Waals surface area contributed by atoms with Crippen LogP contribution in [0.2, 0.25) is 13.1 Å². The summed E-state index contributed by atoms with van der Waals surface area (Å²) in [5.41, 5.74) is 7.28. The van der Waals surface area contributed by atoms with Gasteiger partial charge in [0.05, 0.1) is 0 Å². The van der Waals surface area contributed by atoms with E-state index >= 15 is 0 Å². The van der Waals surface area contributed by atoms with E-state index in [1.54, 1.807) is 0 Å². The highest BCUT2D eigenvalue weighted by Crippen LogP contribution is 2.38. The Morgan fingerprint density at radius 1 is 0.900 bits per heavy atom. The van der Waals surface area contributed by atoms with Crippen LogP contribution in [0.25, 0.3) is 5.57 Å². The summed E-state index contributed by atoms with van der Waals surface area (Å²) in [7, 11) is 6.55. The van der Waals surface area contributed by atoms with Gasteiger partial charge in [-0.3, -0.25) is 0 Å². The van der Waals surface area contributed by atoms with Crippen molar-refractivity contribution < 1.29 is 4.58 Å². The van der Waals surface area contributed by atoms with Gasteiger partial charge in [0.1, 0.15) is 22.2 Å². The van der Waals surface area contributed by atoms with Crippen LogP contribution in [0.3, 0.4) is 0 Å². The van der Waals surface area contributed by atoms with E-state index in [0.717, 1.165) is 11.1 Å². The minimum absolute atomic E-state index is 1.05. The second-order valence-corrected chi connectivity index (χ2v) is 13.2. The van der Waals surface area contributed by atoms with Gasteiger partial charge in [-0.2, -0.15) is 0 Å². The quantitative estimate of drug-likeness (QED) is 0.388. The lowest BCUT2D eigenvalue weighted by Crippen LogP contribution is -2.49. The zero-order valence-electron chi connectivity index (χ0n) is 18.7.